The summed E-state index contributed by atoms with van der Waals surface area (Å²) in [7, 11) is -3.93. The minimum Gasteiger partial charge on any atom is -0.424 e. The van der Waals surface area contributed by atoms with Gasteiger partial charge >= 0.3 is 11.6 Å². The topological polar surface area (TPSA) is 103 Å². The van der Waals surface area contributed by atoms with E-state index in [1.165, 1.54) is 24.3 Å². The van der Waals surface area contributed by atoms with E-state index in [0.29, 0.717) is 11.8 Å². The van der Waals surface area contributed by atoms with Crippen LogP contribution in [0.1, 0.15) is 44.2 Å². The molecule has 33 heavy (non-hydrogen) atoms. The van der Waals surface area contributed by atoms with Crippen molar-refractivity contribution in [3.63, 3.8) is 0 Å². The van der Waals surface area contributed by atoms with E-state index in [9.17, 15) is 18.0 Å². The molecule has 1 N–H and O–H groups in total. The number of sulfonamides is 1. The Morgan fingerprint density at radius 3 is 2.48 bits per heavy atom. The highest BCUT2D eigenvalue weighted by molar-refractivity contribution is 7.89. The maximum Gasteiger partial charge on any atom is 0.336 e. The van der Waals surface area contributed by atoms with Gasteiger partial charge in [0.1, 0.15) is 11.6 Å². The fraction of sp³-hybridized carbons (Fsp3) is 0.333. The number of carbonyl (C=O) groups excluding carboxylic acids is 1. The van der Waals surface area contributed by atoms with E-state index < -0.39 is 27.7 Å². The van der Waals surface area contributed by atoms with Crippen molar-refractivity contribution in [3.05, 3.63) is 69.0 Å². The van der Waals surface area contributed by atoms with E-state index in [1.54, 1.807) is 25.1 Å². The Morgan fingerprint density at radius 1 is 1.15 bits per heavy atom. The largest absolute Gasteiger partial charge is 0.424 e. The number of fused-ring (bicyclic) bond motifs is 1. The van der Waals surface area contributed by atoms with Crippen molar-refractivity contribution in [1.29, 1.82) is 0 Å². The van der Waals surface area contributed by atoms with Crippen LogP contribution < -0.4 is 15.1 Å². The second-order valence-corrected chi connectivity index (χ2v) is 9.91. The van der Waals surface area contributed by atoms with Crippen LogP contribution in [0.3, 0.4) is 0 Å². The van der Waals surface area contributed by atoms with Crippen LogP contribution in [-0.2, 0) is 21.2 Å². The first-order valence-electron chi connectivity index (χ1n) is 10.7. The van der Waals surface area contributed by atoms with Gasteiger partial charge in [0, 0.05) is 17.5 Å². The number of hydrogen-bond acceptors (Lipinski definition) is 6. The highest BCUT2D eigenvalue weighted by atomic mass is 35.5. The number of hydrogen-bond donors (Lipinski definition) is 1. The summed E-state index contributed by atoms with van der Waals surface area (Å²) < 4.78 is 38.4. The number of aryl methyl sites for hydroxylation is 2. The molecule has 0 aliphatic carbocycles. The Balaban J connectivity index is 1.85. The molecule has 2 aromatic carbocycles. The quantitative estimate of drug-likeness (QED) is 0.263. The first-order chi connectivity index (χ1) is 15.6. The molecule has 0 bridgehead atoms. The van der Waals surface area contributed by atoms with Gasteiger partial charge in [0.15, 0.2) is 5.75 Å². The molecular formula is C24H26ClNO6S. The molecule has 1 atom stereocenters. The second-order valence-electron chi connectivity index (χ2n) is 7.79. The number of ether oxygens (including phenoxy) is 1. The van der Waals surface area contributed by atoms with Crippen LogP contribution in [0.25, 0.3) is 11.0 Å². The first kappa shape index (κ1) is 25.0. The van der Waals surface area contributed by atoms with Gasteiger partial charge in [-0.25, -0.2) is 18.0 Å². The molecule has 176 valence electrons. The Hall–Kier alpha value is -2.68. The van der Waals surface area contributed by atoms with Crippen molar-refractivity contribution >= 4 is 38.6 Å². The molecule has 0 spiro atoms. The Kier molecular flexibility index (Phi) is 7.94. The number of carbonyl (C=O) groups is 1. The summed E-state index contributed by atoms with van der Waals surface area (Å²) in [4.78, 5) is 24.8. The zero-order valence-corrected chi connectivity index (χ0v) is 20.3. The SMILES string of the molecule is CCCCc1cc(=O)oc2cc(OC(=O)[C@H](CC)NS(=O)(=O)c3ccc(C)cc3)c(Cl)cc12. The normalized spacial score (nSPS) is 12.6. The van der Waals surface area contributed by atoms with Crippen LogP contribution in [-0.4, -0.2) is 20.4 Å². The highest BCUT2D eigenvalue weighted by Gasteiger charge is 2.27. The molecule has 1 aromatic heterocycles. The van der Waals surface area contributed by atoms with Crippen molar-refractivity contribution < 1.29 is 22.4 Å². The molecule has 0 fully saturated rings. The summed E-state index contributed by atoms with van der Waals surface area (Å²) in [6, 6.07) is 9.55. The molecule has 3 aromatic rings. The van der Waals surface area contributed by atoms with Crippen molar-refractivity contribution in [3.8, 4) is 5.75 Å². The third-order valence-electron chi connectivity index (χ3n) is 5.21. The van der Waals surface area contributed by atoms with Gasteiger partial charge in [-0.15, -0.1) is 0 Å². The maximum absolute atomic E-state index is 12.8. The smallest absolute Gasteiger partial charge is 0.336 e. The van der Waals surface area contributed by atoms with E-state index in [4.69, 9.17) is 20.8 Å². The van der Waals surface area contributed by atoms with E-state index in [1.807, 2.05) is 6.92 Å². The summed E-state index contributed by atoms with van der Waals surface area (Å²) in [6.07, 6.45) is 2.70. The molecular weight excluding hydrogens is 466 g/mol. The fourth-order valence-corrected chi connectivity index (χ4v) is 4.80. The molecule has 1 heterocycles. The zero-order chi connectivity index (χ0) is 24.2. The van der Waals surface area contributed by atoms with Crippen LogP contribution in [0.4, 0.5) is 0 Å². The van der Waals surface area contributed by atoms with Gasteiger partial charge in [-0.3, -0.25) is 0 Å². The van der Waals surface area contributed by atoms with Gasteiger partial charge in [-0.1, -0.05) is 49.6 Å². The lowest BCUT2D eigenvalue weighted by Gasteiger charge is -2.17. The third-order valence-corrected chi connectivity index (χ3v) is 7.00. The average Bonchev–Trinajstić information content (AvgIpc) is 2.77. The van der Waals surface area contributed by atoms with Crippen molar-refractivity contribution in [2.45, 2.75) is 57.4 Å². The van der Waals surface area contributed by atoms with Crippen LogP contribution in [0, 0.1) is 6.92 Å². The van der Waals surface area contributed by atoms with E-state index in [-0.39, 0.29) is 27.7 Å². The lowest BCUT2D eigenvalue weighted by molar-refractivity contribution is -0.136. The molecule has 0 aliphatic heterocycles. The third kappa shape index (κ3) is 6.01. The molecule has 9 heteroatoms. The fourth-order valence-electron chi connectivity index (χ4n) is 3.33. The minimum absolute atomic E-state index is 0.0158. The lowest BCUT2D eigenvalue weighted by atomic mass is 10.0. The van der Waals surface area contributed by atoms with Gasteiger partial charge < -0.3 is 9.15 Å². The van der Waals surface area contributed by atoms with Gasteiger partial charge in [0.2, 0.25) is 10.0 Å². The molecule has 0 saturated carbocycles. The summed E-state index contributed by atoms with van der Waals surface area (Å²) in [5, 5.41) is 0.818. The molecule has 3 rings (SSSR count). The number of rotatable bonds is 9. The average molecular weight is 492 g/mol. The van der Waals surface area contributed by atoms with Gasteiger partial charge in [-0.2, -0.15) is 4.72 Å². The first-order valence-corrected chi connectivity index (χ1v) is 12.6. The summed E-state index contributed by atoms with van der Waals surface area (Å²) in [5.41, 5.74) is 1.45. The molecule has 0 radical (unpaired) electrons. The van der Waals surface area contributed by atoms with Gasteiger partial charge in [0.05, 0.1) is 9.92 Å². The summed E-state index contributed by atoms with van der Waals surface area (Å²) in [5.74, 6) is -0.836. The van der Waals surface area contributed by atoms with E-state index in [0.717, 1.165) is 24.0 Å². The summed E-state index contributed by atoms with van der Waals surface area (Å²) >= 11 is 6.35. The van der Waals surface area contributed by atoms with Crippen molar-refractivity contribution in [1.82, 2.24) is 4.72 Å². The molecule has 0 aliphatic rings. The zero-order valence-electron chi connectivity index (χ0n) is 18.7. The van der Waals surface area contributed by atoms with Crippen molar-refractivity contribution in [2.75, 3.05) is 0 Å². The number of nitrogens with one attached hydrogen (secondary N) is 1. The van der Waals surface area contributed by atoms with Gasteiger partial charge in [0.25, 0.3) is 0 Å². The van der Waals surface area contributed by atoms with E-state index in [2.05, 4.69) is 11.6 Å². The van der Waals surface area contributed by atoms with Crippen molar-refractivity contribution in [2.24, 2.45) is 0 Å². The second kappa shape index (κ2) is 10.5. The molecule has 0 amide bonds. The maximum atomic E-state index is 12.8. The molecule has 0 unspecified atom stereocenters. The molecule has 0 saturated heterocycles. The standard InChI is InChI=1S/C24H26ClNO6S/c1-4-6-7-16-12-23(27)31-21-14-22(19(25)13-18(16)21)32-24(28)20(5-2)26-33(29,30)17-10-8-15(3)9-11-17/h8-14,20,26H,4-7H2,1-3H3/t20-/m0/s1. The van der Waals surface area contributed by atoms with Gasteiger partial charge in [-0.05, 0) is 49.9 Å². The Morgan fingerprint density at radius 2 is 1.85 bits per heavy atom. The summed E-state index contributed by atoms with van der Waals surface area (Å²) in [6.45, 7) is 5.55. The number of halogens is 1. The Labute approximate surface area is 197 Å². The predicted molar refractivity (Wildman–Crippen MR) is 127 cm³/mol. The van der Waals surface area contributed by atoms with Crippen LogP contribution in [0.5, 0.6) is 5.75 Å². The monoisotopic (exact) mass is 491 g/mol. The number of unbranched alkanes of at least 4 members (excludes halogenated alkanes) is 1. The predicted octanol–water partition coefficient (Wildman–Crippen LogP) is 4.76. The lowest BCUT2D eigenvalue weighted by Crippen LogP contribution is -2.42. The number of esters is 1. The number of benzene rings is 2. The minimum atomic E-state index is -3.93. The highest BCUT2D eigenvalue weighted by Crippen LogP contribution is 2.32. The van der Waals surface area contributed by atoms with Crippen LogP contribution in [0.15, 0.2) is 56.6 Å². The van der Waals surface area contributed by atoms with Crippen LogP contribution >= 0.6 is 11.6 Å². The van der Waals surface area contributed by atoms with E-state index >= 15 is 0 Å². The Bertz CT molecular complexity index is 1320. The van der Waals surface area contributed by atoms with Crippen LogP contribution in [0.2, 0.25) is 5.02 Å². The molecule has 7 nitrogen and oxygen atoms in total.